The molecule has 0 aliphatic carbocycles. The summed E-state index contributed by atoms with van der Waals surface area (Å²) in [6, 6.07) is 0. The van der Waals surface area contributed by atoms with Gasteiger partial charge in [0.05, 0.1) is 19.6 Å². The van der Waals surface area contributed by atoms with Crippen LogP contribution in [0.25, 0.3) is 0 Å². The topological polar surface area (TPSA) is 75.6 Å². The lowest BCUT2D eigenvalue weighted by molar-refractivity contribution is -0.137. The minimum Gasteiger partial charge on any atom is -0.481 e. The molecule has 1 rings (SSSR count). The molecule has 2 N–H and O–H groups in total. The normalized spacial score (nSPS) is 16.3. The number of carboxylic acids is 1. The average molecular weight is 187 g/mol. The first-order valence-corrected chi connectivity index (χ1v) is 4.24. The number of hydrogen-bond acceptors (Lipinski definition) is 3. The largest absolute Gasteiger partial charge is 0.481 e. The molecule has 1 aliphatic heterocycles. The van der Waals surface area contributed by atoms with Crippen LogP contribution in [-0.2, 0) is 14.3 Å². The highest BCUT2D eigenvalue weighted by molar-refractivity contribution is 5.77. The Morgan fingerprint density at radius 2 is 2.15 bits per heavy atom. The molecule has 0 saturated carbocycles. The monoisotopic (exact) mass is 187 g/mol. The van der Waals surface area contributed by atoms with Gasteiger partial charge in [-0.15, -0.1) is 0 Å². The Kier molecular flexibility index (Phi) is 3.70. The average Bonchev–Trinajstić information content (AvgIpc) is 1.96. The maximum Gasteiger partial charge on any atom is 0.305 e. The van der Waals surface area contributed by atoms with Crippen molar-refractivity contribution >= 4 is 11.9 Å². The summed E-state index contributed by atoms with van der Waals surface area (Å²) in [5.74, 6) is -0.661. The van der Waals surface area contributed by atoms with Crippen LogP contribution in [0.15, 0.2) is 0 Å². The summed E-state index contributed by atoms with van der Waals surface area (Å²) >= 11 is 0. The fourth-order valence-corrected chi connectivity index (χ4v) is 1.05. The summed E-state index contributed by atoms with van der Waals surface area (Å²) < 4.78 is 4.90. The van der Waals surface area contributed by atoms with Crippen LogP contribution in [0.3, 0.4) is 0 Å². The zero-order valence-corrected chi connectivity index (χ0v) is 7.28. The smallest absolute Gasteiger partial charge is 0.305 e. The molecule has 74 valence electrons. The molecular weight excluding hydrogens is 174 g/mol. The molecule has 0 aromatic rings. The first-order chi connectivity index (χ1) is 6.18. The molecule has 0 unspecified atom stereocenters. The van der Waals surface area contributed by atoms with E-state index in [0.29, 0.717) is 25.6 Å². The molecule has 0 spiro atoms. The minimum atomic E-state index is -0.896. The first-order valence-electron chi connectivity index (χ1n) is 4.24. The predicted octanol–water partition coefficient (Wildman–Crippen LogP) is -0.386. The van der Waals surface area contributed by atoms with Crippen molar-refractivity contribution in [3.05, 3.63) is 0 Å². The molecular formula is C8H13NO4. The Labute approximate surface area is 76.1 Å². The van der Waals surface area contributed by atoms with Crippen LogP contribution in [0.2, 0.25) is 0 Å². The van der Waals surface area contributed by atoms with Gasteiger partial charge in [0.1, 0.15) is 0 Å². The summed E-state index contributed by atoms with van der Waals surface area (Å²) in [4.78, 5) is 21.2. The van der Waals surface area contributed by atoms with Gasteiger partial charge in [0, 0.05) is 18.9 Å². The van der Waals surface area contributed by atoms with Crippen molar-refractivity contribution in [2.75, 3.05) is 19.8 Å². The van der Waals surface area contributed by atoms with E-state index in [-0.39, 0.29) is 18.9 Å². The van der Waals surface area contributed by atoms with E-state index in [0.717, 1.165) is 0 Å². The first kappa shape index (κ1) is 9.98. The Morgan fingerprint density at radius 3 is 2.62 bits per heavy atom. The van der Waals surface area contributed by atoms with Crippen LogP contribution in [0.5, 0.6) is 0 Å². The lowest BCUT2D eigenvalue weighted by atomic mass is 10.0. The number of nitrogens with one attached hydrogen (secondary N) is 1. The molecule has 1 heterocycles. The zero-order chi connectivity index (χ0) is 9.68. The molecule has 1 amide bonds. The van der Waals surface area contributed by atoms with Crippen molar-refractivity contribution in [3.63, 3.8) is 0 Å². The maximum absolute atomic E-state index is 11.1. The second-order valence-electron chi connectivity index (χ2n) is 3.10. The van der Waals surface area contributed by atoms with Gasteiger partial charge in [-0.25, -0.2) is 0 Å². The molecule has 13 heavy (non-hydrogen) atoms. The van der Waals surface area contributed by atoms with Crippen LogP contribution in [0.4, 0.5) is 0 Å². The number of amides is 1. The van der Waals surface area contributed by atoms with E-state index in [9.17, 15) is 9.59 Å². The molecule has 5 heteroatoms. The lowest BCUT2D eigenvalue weighted by Crippen LogP contribution is -2.35. The van der Waals surface area contributed by atoms with Gasteiger partial charge < -0.3 is 15.2 Å². The molecule has 5 nitrogen and oxygen atoms in total. The molecule has 0 bridgehead atoms. The highest BCUT2D eigenvalue weighted by Gasteiger charge is 2.21. The third-order valence-electron chi connectivity index (χ3n) is 1.84. The number of ether oxygens (including phenoxy) is 1. The van der Waals surface area contributed by atoms with E-state index >= 15 is 0 Å². The van der Waals surface area contributed by atoms with Gasteiger partial charge >= 0.3 is 5.97 Å². The van der Waals surface area contributed by atoms with Gasteiger partial charge in [0.15, 0.2) is 0 Å². The third kappa shape index (κ3) is 3.89. The number of rotatable bonds is 5. The van der Waals surface area contributed by atoms with Gasteiger partial charge in [-0.05, 0) is 0 Å². The second kappa shape index (κ2) is 4.81. The molecule has 0 aromatic heterocycles. The van der Waals surface area contributed by atoms with Crippen molar-refractivity contribution in [1.82, 2.24) is 5.32 Å². The fourth-order valence-electron chi connectivity index (χ4n) is 1.05. The summed E-state index contributed by atoms with van der Waals surface area (Å²) in [5, 5.41) is 10.8. The fraction of sp³-hybridized carbons (Fsp3) is 0.750. The third-order valence-corrected chi connectivity index (χ3v) is 1.84. The predicted molar refractivity (Wildman–Crippen MR) is 44.2 cm³/mol. The van der Waals surface area contributed by atoms with Crippen LogP contribution in [-0.4, -0.2) is 36.7 Å². The van der Waals surface area contributed by atoms with Gasteiger partial charge in [0.25, 0.3) is 0 Å². The van der Waals surface area contributed by atoms with E-state index < -0.39 is 5.97 Å². The maximum atomic E-state index is 11.1. The van der Waals surface area contributed by atoms with Crippen molar-refractivity contribution in [1.29, 1.82) is 0 Å². The van der Waals surface area contributed by atoms with E-state index in [1.165, 1.54) is 0 Å². The van der Waals surface area contributed by atoms with Gasteiger partial charge in [-0.2, -0.15) is 0 Å². The highest BCUT2D eigenvalue weighted by Crippen LogP contribution is 2.13. The van der Waals surface area contributed by atoms with E-state index in [1.807, 2.05) is 0 Å². The zero-order valence-electron chi connectivity index (χ0n) is 7.28. The molecule has 1 aliphatic rings. The molecule has 1 fully saturated rings. The molecule has 1 saturated heterocycles. The van der Waals surface area contributed by atoms with Crippen LogP contribution in [0.1, 0.15) is 12.8 Å². The van der Waals surface area contributed by atoms with Crippen LogP contribution < -0.4 is 5.32 Å². The Bertz CT molecular complexity index is 200. The van der Waals surface area contributed by atoms with Gasteiger partial charge in [-0.3, -0.25) is 9.59 Å². The molecule has 0 atom stereocenters. The number of aliphatic carboxylic acids is 1. The van der Waals surface area contributed by atoms with Gasteiger partial charge in [-0.1, -0.05) is 0 Å². The Hall–Kier alpha value is -1.10. The van der Waals surface area contributed by atoms with E-state index in [4.69, 9.17) is 9.84 Å². The van der Waals surface area contributed by atoms with Crippen molar-refractivity contribution in [2.45, 2.75) is 12.8 Å². The molecule has 0 radical (unpaired) electrons. The number of carbonyl (C=O) groups excluding carboxylic acids is 1. The van der Waals surface area contributed by atoms with E-state index in [1.54, 1.807) is 0 Å². The quantitative estimate of drug-likeness (QED) is 0.614. The lowest BCUT2D eigenvalue weighted by Gasteiger charge is -2.25. The molecule has 0 aromatic carbocycles. The van der Waals surface area contributed by atoms with Crippen molar-refractivity contribution in [3.8, 4) is 0 Å². The summed E-state index contributed by atoms with van der Waals surface area (Å²) in [6.45, 7) is 1.50. The van der Waals surface area contributed by atoms with Crippen LogP contribution in [0, 0.1) is 5.92 Å². The summed E-state index contributed by atoms with van der Waals surface area (Å²) in [5.41, 5.74) is 0. The number of hydrogen-bond donors (Lipinski definition) is 2. The minimum absolute atomic E-state index is 0.0209. The van der Waals surface area contributed by atoms with Crippen LogP contribution >= 0.6 is 0 Å². The summed E-state index contributed by atoms with van der Waals surface area (Å²) in [7, 11) is 0. The Morgan fingerprint density at radius 1 is 1.46 bits per heavy atom. The highest BCUT2D eigenvalue weighted by atomic mass is 16.5. The second-order valence-corrected chi connectivity index (χ2v) is 3.10. The number of carbonyl (C=O) groups is 2. The summed E-state index contributed by atoms with van der Waals surface area (Å²) in [6.07, 6.45) is 0.423. The standard InChI is InChI=1S/C8H13NO4/c10-7(3-6-4-13-5-6)9-2-1-8(11)12/h6H,1-5H2,(H,9,10)(H,11,12). The van der Waals surface area contributed by atoms with E-state index in [2.05, 4.69) is 5.32 Å². The van der Waals surface area contributed by atoms with Crippen molar-refractivity contribution < 1.29 is 19.4 Å². The van der Waals surface area contributed by atoms with Crippen molar-refractivity contribution in [2.24, 2.45) is 5.92 Å². The number of carboxylic acid groups (broad SMARTS) is 1. The van der Waals surface area contributed by atoms with Gasteiger partial charge in [0.2, 0.25) is 5.91 Å². The Balaban J connectivity index is 2.00. The SMILES string of the molecule is O=C(O)CCNC(=O)CC1COC1.